The first-order chi connectivity index (χ1) is 6.33. The number of thiophene rings is 1. The molecule has 68 valence electrons. The molecule has 1 nitrogen and oxygen atoms in total. The highest BCUT2D eigenvalue weighted by molar-refractivity contribution is 7.80. The van der Waals surface area contributed by atoms with E-state index >= 15 is 0 Å². The van der Waals surface area contributed by atoms with Crippen molar-refractivity contribution in [3.63, 3.8) is 0 Å². The Hall–Kier alpha value is -0.510. The van der Waals surface area contributed by atoms with Crippen LogP contribution in [0, 0.1) is 0 Å². The molecular formula is C10H10OS2. The molecule has 0 aliphatic carbocycles. The predicted octanol–water partition coefficient (Wildman–Crippen LogP) is 2.86. The van der Waals surface area contributed by atoms with Crippen molar-refractivity contribution in [2.24, 2.45) is 0 Å². The Balaban J connectivity index is 2.57. The molecule has 1 N–H and O–H groups in total. The maximum atomic E-state index is 9.65. The number of aliphatic hydroxyl groups is 1. The molecule has 0 aliphatic heterocycles. The van der Waals surface area contributed by atoms with Gasteiger partial charge >= 0.3 is 0 Å². The van der Waals surface area contributed by atoms with E-state index in [2.05, 4.69) is 18.7 Å². The van der Waals surface area contributed by atoms with Crippen molar-refractivity contribution >= 4 is 34.1 Å². The number of aliphatic hydroxyl groups excluding tert-OH is 1. The summed E-state index contributed by atoms with van der Waals surface area (Å²) >= 11 is 5.75. The molecule has 1 atom stereocenters. The lowest BCUT2D eigenvalue weighted by molar-refractivity contribution is 0.206. The fourth-order valence-electron chi connectivity index (χ4n) is 1.35. The Bertz CT molecular complexity index is 408. The van der Waals surface area contributed by atoms with Gasteiger partial charge in [-0.1, -0.05) is 18.2 Å². The maximum absolute atomic E-state index is 9.65. The minimum absolute atomic E-state index is 0.445. The average Bonchev–Trinajstić information content (AvgIpc) is 2.60. The van der Waals surface area contributed by atoms with Gasteiger partial charge in [-0.25, -0.2) is 0 Å². The highest BCUT2D eigenvalue weighted by atomic mass is 32.1. The molecule has 0 bridgehead atoms. The summed E-state index contributed by atoms with van der Waals surface area (Å²) in [6, 6.07) is 8.10. The quantitative estimate of drug-likeness (QED) is 0.730. The molecule has 1 heterocycles. The van der Waals surface area contributed by atoms with Gasteiger partial charge in [0.15, 0.2) is 0 Å². The number of hydrogen-bond acceptors (Lipinski definition) is 3. The first-order valence-electron chi connectivity index (χ1n) is 4.08. The van der Waals surface area contributed by atoms with Gasteiger partial charge in [-0.15, -0.1) is 11.3 Å². The van der Waals surface area contributed by atoms with E-state index < -0.39 is 6.10 Å². The Morgan fingerprint density at radius 3 is 2.92 bits per heavy atom. The largest absolute Gasteiger partial charge is 0.388 e. The Kier molecular flexibility index (Phi) is 2.58. The third-order valence-electron chi connectivity index (χ3n) is 2.04. The van der Waals surface area contributed by atoms with Crippen LogP contribution in [0.1, 0.15) is 11.7 Å². The summed E-state index contributed by atoms with van der Waals surface area (Å²) in [6.45, 7) is 0. The monoisotopic (exact) mass is 210 g/mol. The van der Waals surface area contributed by atoms with Crippen LogP contribution < -0.4 is 0 Å². The van der Waals surface area contributed by atoms with Crippen LogP contribution in [0.25, 0.3) is 10.1 Å². The first-order valence-corrected chi connectivity index (χ1v) is 5.59. The molecule has 0 aliphatic rings. The molecule has 0 fully saturated rings. The second-order valence-corrected chi connectivity index (χ2v) is 4.16. The fraction of sp³-hybridized carbons (Fsp3) is 0.200. The number of hydrogen-bond donors (Lipinski definition) is 2. The van der Waals surface area contributed by atoms with Gasteiger partial charge in [0, 0.05) is 10.5 Å². The van der Waals surface area contributed by atoms with Crippen LogP contribution in [0.5, 0.6) is 0 Å². The minimum atomic E-state index is -0.445. The molecule has 1 aromatic heterocycles. The Morgan fingerprint density at radius 2 is 2.15 bits per heavy atom. The van der Waals surface area contributed by atoms with Crippen LogP contribution in [-0.2, 0) is 0 Å². The molecule has 1 aromatic carbocycles. The summed E-state index contributed by atoms with van der Waals surface area (Å²) in [5.41, 5.74) is 0.996. The van der Waals surface area contributed by atoms with E-state index in [1.54, 1.807) is 11.3 Å². The van der Waals surface area contributed by atoms with Crippen molar-refractivity contribution in [1.29, 1.82) is 0 Å². The van der Waals surface area contributed by atoms with Gasteiger partial charge < -0.3 is 5.11 Å². The third kappa shape index (κ3) is 1.59. The maximum Gasteiger partial charge on any atom is 0.0891 e. The van der Waals surface area contributed by atoms with E-state index in [4.69, 9.17) is 0 Å². The molecule has 13 heavy (non-hydrogen) atoms. The van der Waals surface area contributed by atoms with Crippen LogP contribution in [0.15, 0.2) is 29.6 Å². The van der Waals surface area contributed by atoms with E-state index in [1.807, 2.05) is 23.6 Å². The number of benzene rings is 1. The lowest BCUT2D eigenvalue weighted by atomic mass is 10.1. The summed E-state index contributed by atoms with van der Waals surface area (Å²) < 4.78 is 1.22. The smallest absolute Gasteiger partial charge is 0.0891 e. The van der Waals surface area contributed by atoms with E-state index in [-0.39, 0.29) is 0 Å². The molecule has 1 unspecified atom stereocenters. The number of thiol groups is 1. The van der Waals surface area contributed by atoms with Crippen molar-refractivity contribution in [2.45, 2.75) is 6.10 Å². The molecule has 0 amide bonds. The van der Waals surface area contributed by atoms with E-state index in [1.165, 1.54) is 4.70 Å². The summed E-state index contributed by atoms with van der Waals surface area (Å²) in [4.78, 5) is 0. The van der Waals surface area contributed by atoms with Gasteiger partial charge in [-0.2, -0.15) is 12.6 Å². The Labute approximate surface area is 86.4 Å². The molecule has 0 spiro atoms. The highest BCUT2D eigenvalue weighted by Crippen LogP contribution is 2.30. The van der Waals surface area contributed by atoms with Gasteiger partial charge in [0.2, 0.25) is 0 Å². The van der Waals surface area contributed by atoms with Crippen molar-refractivity contribution in [3.05, 3.63) is 35.2 Å². The summed E-state index contributed by atoms with van der Waals surface area (Å²) in [7, 11) is 0. The molecule has 2 rings (SSSR count). The van der Waals surface area contributed by atoms with Gasteiger partial charge in [-0.05, 0) is 22.4 Å². The van der Waals surface area contributed by atoms with Crippen molar-refractivity contribution in [1.82, 2.24) is 0 Å². The zero-order chi connectivity index (χ0) is 9.26. The van der Waals surface area contributed by atoms with Crippen molar-refractivity contribution in [2.75, 3.05) is 5.75 Å². The van der Waals surface area contributed by atoms with E-state index in [0.29, 0.717) is 5.75 Å². The number of fused-ring (bicyclic) bond motifs is 1. The third-order valence-corrected chi connectivity index (χ3v) is 3.37. The second-order valence-electron chi connectivity index (χ2n) is 2.89. The van der Waals surface area contributed by atoms with Gasteiger partial charge in [-0.3, -0.25) is 0 Å². The SMILES string of the molecule is OC(CS)c1csc2ccccc12. The molecule has 3 heteroatoms. The normalized spacial score (nSPS) is 13.4. The number of rotatable bonds is 2. The van der Waals surface area contributed by atoms with E-state index in [0.717, 1.165) is 10.9 Å². The van der Waals surface area contributed by atoms with E-state index in [9.17, 15) is 5.11 Å². The molecule has 0 saturated heterocycles. The van der Waals surface area contributed by atoms with Crippen LogP contribution in [0.3, 0.4) is 0 Å². The molecule has 0 saturated carbocycles. The van der Waals surface area contributed by atoms with Gasteiger partial charge in [0.05, 0.1) is 6.10 Å². The zero-order valence-corrected chi connectivity index (χ0v) is 8.68. The standard InChI is InChI=1S/C10H10OS2/c11-9(5-12)8-6-13-10-4-2-1-3-7(8)10/h1-4,6,9,11-12H,5H2. The van der Waals surface area contributed by atoms with Crippen molar-refractivity contribution < 1.29 is 5.11 Å². The molecule has 2 aromatic rings. The average molecular weight is 210 g/mol. The van der Waals surface area contributed by atoms with Crippen molar-refractivity contribution in [3.8, 4) is 0 Å². The molecular weight excluding hydrogens is 200 g/mol. The summed E-state index contributed by atoms with van der Waals surface area (Å²) in [6.07, 6.45) is -0.445. The second kappa shape index (κ2) is 3.70. The minimum Gasteiger partial charge on any atom is -0.388 e. The Morgan fingerprint density at radius 1 is 1.38 bits per heavy atom. The summed E-state index contributed by atoms with van der Waals surface area (Å²) in [5.74, 6) is 0.473. The van der Waals surface area contributed by atoms with Gasteiger partial charge in [0.1, 0.15) is 0 Å². The lowest BCUT2D eigenvalue weighted by Crippen LogP contribution is -1.96. The van der Waals surface area contributed by atoms with Crippen LogP contribution in [-0.4, -0.2) is 10.9 Å². The lowest BCUT2D eigenvalue weighted by Gasteiger charge is -2.04. The zero-order valence-electron chi connectivity index (χ0n) is 6.97. The topological polar surface area (TPSA) is 20.2 Å². The molecule has 0 radical (unpaired) electrons. The van der Waals surface area contributed by atoms with Crippen LogP contribution in [0.2, 0.25) is 0 Å². The fourth-order valence-corrected chi connectivity index (χ4v) is 2.56. The van der Waals surface area contributed by atoms with Crippen LogP contribution >= 0.6 is 24.0 Å². The van der Waals surface area contributed by atoms with Gasteiger partial charge in [0.25, 0.3) is 0 Å². The predicted molar refractivity (Wildman–Crippen MR) is 60.6 cm³/mol. The summed E-state index contributed by atoms with van der Waals surface area (Å²) in [5, 5.41) is 12.8. The highest BCUT2D eigenvalue weighted by Gasteiger charge is 2.10. The van der Waals surface area contributed by atoms with Crippen LogP contribution in [0.4, 0.5) is 0 Å². The first kappa shape index (κ1) is 9.06.